The fraction of sp³-hybridized carbons (Fsp3) is 0.188. The molecule has 2 aromatic carbocycles. The molecule has 0 N–H and O–H groups in total. The van der Waals surface area contributed by atoms with Gasteiger partial charge < -0.3 is 4.90 Å². The number of hydrogen-bond acceptors (Lipinski definition) is 2. The number of hydrogen-bond donors (Lipinski definition) is 0. The van der Waals surface area contributed by atoms with E-state index in [2.05, 4.69) is 0 Å². The summed E-state index contributed by atoms with van der Waals surface area (Å²) in [6, 6.07) is 9.18. The Bertz CT molecular complexity index is 705. The highest BCUT2D eigenvalue weighted by Crippen LogP contribution is 2.39. The van der Waals surface area contributed by atoms with E-state index < -0.39 is 11.6 Å². The van der Waals surface area contributed by atoms with E-state index in [0.29, 0.717) is 0 Å². The zero-order valence-electron chi connectivity index (χ0n) is 11.4. The summed E-state index contributed by atoms with van der Waals surface area (Å²) in [5.74, 6) is -1.52. The van der Waals surface area contributed by atoms with Crippen LogP contribution in [0.25, 0.3) is 0 Å². The van der Waals surface area contributed by atoms with Crippen LogP contribution in [0.4, 0.5) is 13.2 Å². The molecule has 0 saturated carbocycles. The van der Waals surface area contributed by atoms with E-state index in [1.807, 2.05) is 0 Å². The first-order valence-corrected chi connectivity index (χ1v) is 7.70. The van der Waals surface area contributed by atoms with Crippen LogP contribution in [-0.2, 0) is 11.3 Å². The van der Waals surface area contributed by atoms with Gasteiger partial charge in [0.25, 0.3) is 0 Å². The van der Waals surface area contributed by atoms with Crippen molar-refractivity contribution in [3.8, 4) is 0 Å². The van der Waals surface area contributed by atoms with Gasteiger partial charge in [0.05, 0.1) is 5.75 Å². The minimum absolute atomic E-state index is 0.0555. The molecule has 1 saturated heterocycles. The molecule has 1 amide bonds. The highest BCUT2D eigenvalue weighted by molar-refractivity contribution is 8.00. The molecule has 2 aromatic rings. The first kappa shape index (κ1) is 15.0. The Morgan fingerprint density at radius 1 is 1.05 bits per heavy atom. The molecule has 1 heterocycles. The van der Waals surface area contributed by atoms with Gasteiger partial charge in [-0.15, -0.1) is 11.8 Å². The van der Waals surface area contributed by atoms with Gasteiger partial charge in [-0.2, -0.15) is 0 Å². The summed E-state index contributed by atoms with van der Waals surface area (Å²) in [6.07, 6.45) is 0. The average Bonchev–Trinajstić information content (AvgIpc) is 2.84. The molecule has 1 aliphatic rings. The molecular weight excluding hydrogens is 311 g/mol. The number of thioether (sulfide) groups is 1. The molecule has 2 nitrogen and oxygen atoms in total. The van der Waals surface area contributed by atoms with Crippen LogP contribution in [0.2, 0.25) is 0 Å². The monoisotopic (exact) mass is 323 g/mol. The highest BCUT2D eigenvalue weighted by Gasteiger charge is 2.33. The van der Waals surface area contributed by atoms with E-state index in [1.165, 1.54) is 40.9 Å². The number of carbonyl (C=O) groups is 1. The Kier molecular flexibility index (Phi) is 4.11. The summed E-state index contributed by atoms with van der Waals surface area (Å²) in [5.41, 5.74) is 1.03. The topological polar surface area (TPSA) is 20.3 Å². The van der Waals surface area contributed by atoms with Gasteiger partial charge in [0.1, 0.15) is 22.8 Å². The average molecular weight is 323 g/mol. The normalized spacial score (nSPS) is 18.0. The van der Waals surface area contributed by atoms with Gasteiger partial charge in [0, 0.05) is 18.2 Å². The van der Waals surface area contributed by atoms with Gasteiger partial charge >= 0.3 is 0 Å². The third kappa shape index (κ3) is 2.97. The van der Waals surface area contributed by atoms with E-state index in [9.17, 15) is 18.0 Å². The molecule has 0 bridgehead atoms. The molecule has 0 aliphatic carbocycles. The van der Waals surface area contributed by atoms with E-state index in [-0.39, 0.29) is 35.0 Å². The van der Waals surface area contributed by atoms with Crippen molar-refractivity contribution in [1.82, 2.24) is 4.90 Å². The van der Waals surface area contributed by atoms with Crippen molar-refractivity contribution in [2.75, 3.05) is 5.75 Å². The second-order valence-corrected chi connectivity index (χ2v) is 6.04. The molecule has 1 atom stereocenters. The summed E-state index contributed by atoms with van der Waals surface area (Å²) in [7, 11) is 0. The van der Waals surface area contributed by atoms with Crippen molar-refractivity contribution >= 4 is 17.7 Å². The lowest BCUT2D eigenvalue weighted by Crippen LogP contribution is -2.28. The lowest BCUT2D eigenvalue weighted by atomic mass is 10.1. The van der Waals surface area contributed by atoms with Crippen LogP contribution in [0, 0.1) is 17.5 Å². The number of halogens is 3. The second-order valence-electron chi connectivity index (χ2n) is 4.97. The quantitative estimate of drug-likeness (QED) is 0.854. The van der Waals surface area contributed by atoms with Crippen LogP contribution in [-0.4, -0.2) is 16.6 Å². The molecule has 1 unspecified atom stereocenters. The van der Waals surface area contributed by atoms with Gasteiger partial charge in [0.15, 0.2) is 0 Å². The Hall–Kier alpha value is -1.95. The first-order chi connectivity index (χ1) is 10.5. The Morgan fingerprint density at radius 3 is 2.41 bits per heavy atom. The predicted octanol–water partition coefficient (Wildman–Crippen LogP) is 3.88. The maximum absolute atomic E-state index is 13.8. The molecule has 1 aliphatic heterocycles. The molecule has 6 heteroatoms. The first-order valence-electron chi connectivity index (χ1n) is 6.65. The van der Waals surface area contributed by atoms with Gasteiger partial charge in [-0.3, -0.25) is 4.79 Å². The maximum atomic E-state index is 13.8. The standard InChI is InChI=1S/C16H12F3NOS/c17-12-4-1-10(2-5-12)16-20(15(21)9-22-16)8-11-3-6-13(18)7-14(11)19/h1-7,16H,8-9H2. The molecule has 3 rings (SSSR count). The zero-order valence-corrected chi connectivity index (χ0v) is 12.2. The minimum atomic E-state index is -0.678. The van der Waals surface area contributed by atoms with Crippen molar-refractivity contribution in [2.45, 2.75) is 11.9 Å². The van der Waals surface area contributed by atoms with Gasteiger partial charge in [-0.05, 0) is 23.8 Å². The number of rotatable bonds is 3. The lowest BCUT2D eigenvalue weighted by molar-refractivity contribution is -0.128. The van der Waals surface area contributed by atoms with E-state index in [4.69, 9.17) is 0 Å². The third-order valence-electron chi connectivity index (χ3n) is 3.48. The summed E-state index contributed by atoms with van der Waals surface area (Å²) >= 11 is 1.40. The van der Waals surface area contributed by atoms with Gasteiger partial charge in [-0.1, -0.05) is 18.2 Å². The van der Waals surface area contributed by atoms with Crippen LogP contribution in [0.5, 0.6) is 0 Å². The SMILES string of the molecule is O=C1CSC(c2ccc(F)cc2)N1Cc1ccc(F)cc1F. The maximum Gasteiger partial charge on any atom is 0.234 e. The van der Waals surface area contributed by atoms with Crippen molar-refractivity contribution < 1.29 is 18.0 Å². The van der Waals surface area contributed by atoms with Crippen molar-refractivity contribution in [1.29, 1.82) is 0 Å². The summed E-state index contributed by atoms with van der Waals surface area (Å²) < 4.78 is 39.7. The molecule has 0 spiro atoms. The van der Waals surface area contributed by atoms with Crippen LogP contribution in [0.1, 0.15) is 16.5 Å². The van der Waals surface area contributed by atoms with E-state index in [0.717, 1.165) is 11.6 Å². The second kappa shape index (κ2) is 6.04. The summed E-state index contributed by atoms with van der Waals surface area (Å²) in [5, 5.41) is -0.294. The number of nitrogens with zero attached hydrogens (tertiary/aromatic N) is 1. The fourth-order valence-corrected chi connectivity index (χ4v) is 3.55. The van der Waals surface area contributed by atoms with E-state index in [1.54, 1.807) is 12.1 Å². The molecular formula is C16H12F3NOS. The predicted molar refractivity (Wildman–Crippen MR) is 78.5 cm³/mol. The van der Waals surface area contributed by atoms with Crippen molar-refractivity contribution in [2.24, 2.45) is 0 Å². The molecule has 0 radical (unpaired) electrons. The van der Waals surface area contributed by atoms with E-state index >= 15 is 0 Å². The van der Waals surface area contributed by atoms with Gasteiger partial charge in [0.2, 0.25) is 5.91 Å². The van der Waals surface area contributed by atoms with Crippen LogP contribution in [0.3, 0.4) is 0 Å². The van der Waals surface area contributed by atoms with Crippen molar-refractivity contribution in [3.63, 3.8) is 0 Å². The number of carbonyl (C=O) groups excluding carboxylic acids is 1. The van der Waals surface area contributed by atoms with Crippen LogP contribution < -0.4 is 0 Å². The largest absolute Gasteiger partial charge is 0.321 e. The van der Waals surface area contributed by atoms with Crippen molar-refractivity contribution in [3.05, 3.63) is 71.0 Å². The highest BCUT2D eigenvalue weighted by atomic mass is 32.2. The smallest absolute Gasteiger partial charge is 0.234 e. The molecule has 1 fully saturated rings. The molecule has 114 valence electrons. The Balaban J connectivity index is 1.86. The lowest BCUT2D eigenvalue weighted by Gasteiger charge is -2.24. The Morgan fingerprint density at radius 2 is 1.73 bits per heavy atom. The Labute approximate surface area is 129 Å². The number of benzene rings is 2. The number of amides is 1. The molecule has 0 aromatic heterocycles. The summed E-state index contributed by atoms with van der Waals surface area (Å²) in [6.45, 7) is 0.0555. The zero-order chi connectivity index (χ0) is 15.7. The third-order valence-corrected chi connectivity index (χ3v) is 4.74. The van der Waals surface area contributed by atoms with Gasteiger partial charge in [-0.25, -0.2) is 13.2 Å². The molecule has 22 heavy (non-hydrogen) atoms. The fourth-order valence-electron chi connectivity index (χ4n) is 2.36. The minimum Gasteiger partial charge on any atom is -0.321 e. The summed E-state index contributed by atoms with van der Waals surface area (Å²) in [4.78, 5) is 13.6. The van der Waals surface area contributed by atoms with Crippen LogP contribution in [0.15, 0.2) is 42.5 Å². The van der Waals surface area contributed by atoms with Crippen LogP contribution >= 0.6 is 11.8 Å².